The second kappa shape index (κ2) is 7.17. The molecular weight excluding hydrogens is 188 g/mol. The quantitative estimate of drug-likeness (QED) is 0.670. The maximum atomic E-state index is 5.41. The minimum absolute atomic E-state index is 0.722. The van der Waals surface area contributed by atoms with Crippen LogP contribution in [0.2, 0.25) is 0 Å². The van der Waals surface area contributed by atoms with Gasteiger partial charge in [-0.05, 0) is 31.9 Å². The molecule has 0 amide bonds. The van der Waals surface area contributed by atoms with Gasteiger partial charge >= 0.3 is 0 Å². The number of anilines is 1. The first kappa shape index (κ1) is 11.9. The van der Waals surface area contributed by atoms with E-state index in [1.807, 2.05) is 19.3 Å². The van der Waals surface area contributed by atoms with Crippen molar-refractivity contribution in [3.05, 3.63) is 18.0 Å². The number of rotatable bonds is 7. The molecule has 0 atom stereocenters. The summed E-state index contributed by atoms with van der Waals surface area (Å²) in [4.78, 5) is 8.34. The lowest BCUT2D eigenvalue weighted by molar-refractivity contribution is 0.660. The van der Waals surface area contributed by atoms with Crippen LogP contribution in [0.4, 0.5) is 5.95 Å². The standard InChI is InChI=1S/C11H20N4/c1-10-8-14-11(15-9-10)13-7-5-3-2-4-6-12/h8-9H,2-7,12H2,1H3,(H,13,14,15). The summed E-state index contributed by atoms with van der Waals surface area (Å²) in [6.07, 6.45) is 8.36. The number of unbranched alkanes of at least 4 members (excludes halogenated alkanes) is 3. The van der Waals surface area contributed by atoms with Crippen LogP contribution in [0.25, 0.3) is 0 Å². The molecule has 1 heterocycles. The van der Waals surface area contributed by atoms with Gasteiger partial charge in [-0.2, -0.15) is 0 Å². The van der Waals surface area contributed by atoms with E-state index in [4.69, 9.17) is 5.73 Å². The van der Waals surface area contributed by atoms with E-state index in [1.54, 1.807) is 0 Å². The van der Waals surface area contributed by atoms with Gasteiger partial charge in [-0.15, -0.1) is 0 Å². The van der Waals surface area contributed by atoms with Crippen LogP contribution in [0.3, 0.4) is 0 Å². The number of aryl methyl sites for hydroxylation is 1. The predicted molar refractivity (Wildman–Crippen MR) is 62.8 cm³/mol. The van der Waals surface area contributed by atoms with Crippen molar-refractivity contribution in [3.8, 4) is 0 Å². The molecule has 15 heavy (non-hydrogen) atoms. The van der Waals surface area contributed by atoms with Crippen molar-refractivity contribution >= 4 is 5.95 Å². The SMILES string of the molecule is Cc1cnc(NCCCCCCN)nc1. The zero-order chi connectivity index (χ0) is 10.9. The van der Waals surface area contributed by atoms with Crippen LogP contribution in [0.1, 0.15) is 31.2 Å². The highest BCUT2D eigenvalue weighted by molar-refractivity contribution is 5.23. The van der Waals surface area contributed by atoms with Crippen molar-refractivity contribution in [3.63, 3.8) is 0 Å². The molecule has 0 fully saturated rings. The van der Waals surface area contributed by atoms with E-state index < -0.39 is 0 Å². The van der Waals surface area contributed by atoms with Crippen LogP contribution in [0.15, 0.2) is 12.4 Å². The molecule has 3 N–H and O–H groups in total. The van der Waals surface area contributed by atoms with Crippen molar-refractivity contribution in [1.82, 2.24) is 9.97 Å². The highest BCUT2D eigenvalue weighted by atomic mass is 15.1. The van der Waals surface area contributed by atoms with Gasteiger partial charge in [0.2, 0.25) is 5.95 Å². The summed E-state index contributed by atoms with van der Waals surface area (Å²) in [7, 11) is 0. The fourth-order valence-corrected chi connectivity index (χ4v) is 1.31. The van der Waals surface area contributed by atoms with Gasteiger partial charge in [0, 0.05) is 18.9 Å². The Balaban J connectivity index is 2.07. The molecule has 1 rings (SSSR count). The smallest absolute Gasteiger partial charge is 0.222 e. The van der Waals surface area contributed by atoms with Crippen LogP contribution < -0.4 is 11.1 Å². The molecule has 0 aliphatic rings. The number of hydrogen-bond acceptors (Lipinski definition) is 4. The van der Waals surface area contributed by atoms with Crippen LogP contribution >= 0.6 is 0 Å². The van der Waals surface area contributed by atoms with E-state index in [0.717, 1.165) is 37.4 Å². The van der Waals surface area contributed by atoms with Crippen LogP contribution in [-0.2, 0) is 0 Å². The van der Waals surface area contributed by atoms with E-state index >= 15 is 0 Å². The molecule has 0 bridgehead atoms. The van der Waals surface area contributed by atoms with Crippen LogP contribution in [-0.4, -0.2) is 23.1 Å². The third kappa shape index (κ3) is 5.32. The minimum Gasteiger partial charge on any atom is -0.354 e. The third-order valence-corrected chi connectivity index (χ3v) is 2.19. The van der Waals surface area contributed by atoms with Gasteiger partial charge in [-0.3, -0.25) is 0 Å². The van der Waals surface area contributed by atoms with Crippen molar-refractivity contribution in [1.29, 1.82) is 0 Å². The Kier molecular flexibility index (Phi) is 5.70. The molecule has 4 nitrogen and oxygen atoms in total. The van der Waals surface area contributed by atoms with E-state index in [1.165, 1.54) is 12.8 Å². The lowest BCUT2D eigenvalue weighted by Crippen LogP contribution is -2.05. The second-order valence-corrected chi connectivity index (χ2v) is 3.71. The van der Waals surface area contributed by atoms with Gasteiger partial charge < -0.3 is 11.1 Å². The summed E-state index contributed by atoms with van der Waals surface area (Å²) in [5.41, 5.74) is 6.50. The first-order chi connectivity index (χ1) is 7.33. The first-order valence-electron chi connectivity index (χ1n) is 5.55. The third-order valence-electron chi connectivity index (χ3n) is 2.19. The number of nitrogens with zero attached hydrogens (tertiary/aromatic N) is 2. The first-order valence-corrected chi connectivity index (χ1v) is 5.55. The molecule has 0 saturated carbocycles. The number of aromatic nitrogens is 2. The highest BCUT2D eigenvalue weighted by Gasteiger charge is 1.94. The van der Waals surface area contributed by atoms with Crippen LogP contribution in [0, 0.1) is 6.92 Å². The number of nitrogens with one attached hydrogen (secondary N) is 1. The topological polar surface area (TPSA) is 63.8 Å². The van der Waals surface area contributed by atoms with Crippen molar-refractivity contribution in [2.45, 2.75) is 32.6 Å². The second-order valence-electron chi connectivity index (χ2n) is 3.71. The van der Waals surface area contributed by atoms with Gasteiger partial charge in [0.1, 0.15) is 0 Å². The lowest BCUT2D eigenvalue weighted by atomic mass is 10.2. The van der Waals surface area contributed by atoms with Gasteiger partial charge in [-0.25, -0.2) is 9.97 Å². The molecule has 0 spiro atoms. The molecular formula is C11H20N4. The predicted octanol–water partition coefficient (Wildman–Crippen LogP) is 1.72. The Morgan fingerprint density at radius 3 is 2.47 bits per heavy atom. The van der Waals surface area contributed by atoms with E-state index in [9.17, 15) is 0 Å². The van der Waals surface area contributed by atoms with E-state index in [0.29, 0.717) is 0 Å². The Bertz CT molecular complexity index is 258. The van der Waals surface area contributed by atoms with Crippen molar-refractivity contribution < 1.29 is 0 Å². The average Bonchev–Trinajstić information content (AvgIpc) is 2.26. The summed E-state index contributed by atoms with van der Waals surface area (Å²) in [6, 6.07) is 0. The van der Waals surface area contributed by atoms with E-state index in [-0.39, 0.29) is 0 Å². The molecule has 0 unspecified atom stereocenters. The molecule has 4 heteroatoms. The summed E-state index contributed by atoms with van der Waals surface area (Å²) < 4.78 is 0. The van der Waals surface area contributed by atoms with Gasteiger partial charge in [0.25, 0.3) is 0 Å². The Morgan fingerprint density at radius 2 is 1.80 bits per heavy atom. The van der Waals surface area contributed by atoms with E-state index in [2.05, 4.69) is 15.3 Å². The zero-order valence-corrected chi connectivity index (χ0v) is 9.37. The summed E-state index contributed by atoms with van der Waals surface area (Å²) in [5, 5.41) is 3.20. The molecule has 84 valence electrons. The van der Waals surface area contributed by atoms with Gasteiger partial charge in [-0.1, -0.05) is 12.8 Å². The molecule has 0 saturated heterocycles. The summed E-state index contributed by atoms with van der Waals surface area (Å²) in [5.74, 6) is 0.722. The molecule has 0 radical (unpaired) electrons. The van der Waals surface area contributed by atoms with Gasteiger partial charge in [0.15, 0.2) is 0 Å². The monoisotopic (exact) mass is 208 g/mol. The maximum Gasteiger partial charge on any atom is 0.222 e. The Hall–Kier alpha value is -1.16. The lowest BCUT2D eigenvalue weighted by Gasteiger charge is -2.04. The highest BCUT2D eigenvalue weighted by Crippen LogP contribution is 2.01. The fourth-order valence-electron chi connectivity index (χ4n) is 1.31. The largest absolute Gasteiger partial charge is 0.354 e. The normalized spacial score (nSPS) is 10.3. The average molecular weight is 208 g/mol. The number of nitrogens with two attached hydrogens (primary N) is 1. The molecule has 0 aliphatic heterocycles. The molecule has 0 aromatic carbocycles. The van der Waals surface area contributed by atoms with Crippen molar-refractivity contribution in [2.75, 3.05) is 18.4 Å². The molecule has 0 aliphatic carbocycles. The Morgan fingerprint density at radius 1 is 1.13 bits per heavy atom. The Labute approximate surface area is 91.3 Å². The van der Waals surface area contributed by atoms with Crippen LogP contribution in [0.5, 0.6) is 0 Å². The fraction of sp³-hybridized carbons (Fsp3) is 0.636. The number of hydrogen-bond donors (Lipinski definition) is 2. The summed E-state index contributed by atoms with van der Waals surface area (Å²) >= 11 is 0. The summed E-state index contributed by atoms with van der Waals surface area (Å²) in [6.45, 7) is 3.72. The molecule has 1 aromatic heterocycles. The zero-order valence-electron chi connectivity index (χ0n) is 9.37. The maximum absolute atomic E-state index is 5.41. The molecule has 1 aromatic rings. The van der Waals surface area contributed by atoms with Gasteiger partial charge in [0.05, 0.1) is 0 Å². The minimum atomic E-state index is 0.722. The van der Waals surface area contributed by atoms with Crippen molar-refractivity contribution in [2.24, 2.45) is 5.73 Å².